The molecule has 0 unspecified atom stereocenters. The van der Waals surface area contributed by atoms with E-state index in [9.17, 15) is 22.4 Å². The molecule has 41 heavy (non-hydrogen) atoms. The van der Waals surface area contributed by atoms with Gasteiger partial charge in [-0.3, -0.25) is 4.79 Å². The molecule has 3 aromatic rings. The van der Waals surface area contributed by atoms with Gasteiger partial charge in [0, 0.05) is 62.3 Å². The number of halogens is 5. The van der Waals surface area contributed by atoms with Gasteiger partial charge in [-0.15, -0.1) is 0 Å². The number of carbonyl (C=O) groups excluding carboxylic acids is 1. The van der Waals surface area contributed by atoms with Crippen molar-refractivity contribution in [2.75, 3.05) is 54.9 Å². The number of hydrogen-bond acceptors (Lipinski definition) is 6. The molecule has 2 aliphatic heterocycles. The molecule has 0 bridgehead atoms. The van der Waals surface area contributed by atoms with Crippen LogP contribution in [0.1, 0.15) is 42.1 Å². The Kier molecular flexibility index (Phi) is 8.12. The van der Waals surface area contributed by atoms with E-state index in [0.717, 1.165) is 44.5 Å². The maximum absolute atomic E-state index is 15.6. The van der Waals surface area contributed by atoms with Crippen LogP contribution in [0.25, 0.3) is 11.1 Å². The number of piperazine rings is 1. The quantitative estimate of drug-likeness (QED) is 0.388. The number of benzene rings is 2. The maximum Gasteiger partial charge on any atom is 0.417 e. The van der Waals surface area contributed by atoms with Crippen molar-refractivity contribution >= 4 is 23.2 Å². The van der Waals surface area contributed by atoms with Crippen molar-refractivity contribution in [3.63, 3.8) is 0 Å². The second-order valence-electron chi connectivity index (χ2n) is 10.6. The van der Waals surface area contributed by atoms with Crippen LogP contribution in [0.3, 0.4) is 0 Å². The van der Waals surface area contributed by atoms with E-state index in [1.54, 1.807) is 0 Å². The molecule has 0 aliphatic carbocycles. The number of nitrogens with zero attached hydrogens (tertiary/aromatic N) is 5. The molecule has 2 aromatic carbocycles. The van der Waals surface area contributed by atoms with E-state index in [4.69, 9.17) is 0 Å². The highest BCUT2D eigenvalue weighted by molar-refractivity contribution is 6.07. The van der Waals surface area contributed by atoms with Gasteiger partial charge in [0.05, 0.1) is 22.5 Å². The van der Waals surface area contributed by atoms with Crippen molar-refractivity contribution in [1.82, 2.24) is 14.9 Å². The van der Waals surface area contributed by atoms with Gasteiger partial charge in [0.25, 0.3) is 5.91 Å². The number of anilines is 3. The van der Waals surface area contributed by atoms with Gasteiger partial charge in [-0.2, -0.15) is 13.2 Å². The van der Waals surface area contributed by atoms with Gasteiger partial charge in [0.2, 0.25) is 5.95 Å². The zero-order valence-corrected chi connectivity index (χ0v) is 22.8. The van der Waals surface area contributed by atoms with Crippen LogP contribution in [0.5, 0.6) is 0 Å². The first-order valence-electron chi connectivity index (χ1n) is 13.6. The number of hydrogen-bond donors (Lipinski definition) is 1. The Labute approximate surface area is 235 Å². The van der Waals surface area contributed by atoms with Crippen molar-refractivity contribution in [2.45, 2.75) is 38.4 Å². The molecule has 2 saturated heterocycles. The highest BCUT2D eigenvalue weighted by Gasteiger charge is 2.36. The lowest BCUT2D eigenvalue weighted by atomic mass is 10.0. The lowest BCUT2D eigenvalue weighted by molar-refractivity contribution is -0.138. The molecule has 1 aromatic heterocycles. The Morgan fingerprint density at radius 1 is 0.951 bits per heavy atom. The summed E-state index contributed by atoms with van der Waals surface area (Å²) in [5, 5.41) is 2.55. The molecule has 3 heterocycles. The summed E-state index contributed by atoms with van der Waals surface area (Å²) in [6.45, 7) is 5.37. The number of alkyl halides is 3. The van der Waals surface area contributed by atoms with Gasteiger partial charge < -0.3 is 20.0 Å². The SMILES string of the molecule is C[C@H]1CN(c2cc(F)c(-c3cnc(N4CCCCC4)nc3)cc2NC(=O)c2ccc(F)cc2C(F)(F)F)CCN1C. The fourth-order valence-corrected chi connectivity index (χ4v) is 5.27. The van der Waals surface area contributed by atoms with Crippen LogP contribution in [0, 0.1) is 11.6 Å². The van der Waals surface area contributed by atoms with Crippen LogP contribution < -0.4 is 15.1 Å². The maximum atomic E-state index is 15.6. The van der Waals surface area contributed by atoms with Crippen LogP contribution >= 0.6 is 0 Å². The number of likely N-dealkylation sites (N-methyl/N-ethyl adjacent to an activating group) is 1. The predicted molar refractivity (Wildman–Crippen MR) is 147 cm³/mol. The molecule has 1 N–H and O–H groups in total. The number of carbonyl (C=O) groups is 1. The minimum atomic E-state index is -4.95. The van der Waals surface area contributed by atoms with Crippen LogP contribution in [-0.4, -0.2) is 66.6 Å². The van der Waals surface area contributed by atoms with E-state index in [1.165, 1.54) is 24.5 Å². The van der Waals surface area contributed by atoms with E-state index < -0.39 is 34.8 Å². The summed E-state index contributed by atoms with van der Waals surface area (Å²) in [7, 11) is 1.97. The Balaban J connectivity index is 1.52. The second kappa shape index (κ2) is 11.6. The van der Waals surface area contributed by atoms with Crippen molar-refractivity contribution < 1.29 is 26.7 Å². The number of nitrogens with one attached hydrogen (secondary N) is 1. The Morgan fingerprint density at radius 2 is 1.66 bits per heavy atom. The third-order valence-corrected chi connectivity index (χ3v) is 7.75. The molecule has 0 saturated carbocycles. The summed E-state index contributed by atoms with van der Waals surface area (Å²) in [4.78, 5) is 28.1. The largest absolute Gasteiger partial charge is 0.417 e. The number of amides is 1. The van der Waals surface area contributed by atoms with Gasteiger partial charge in [-0.05, 0) is 63.6 Å². The topological polar surface area (TPSA) is 64.6 Å². The number of aromatic nitrogens is 2. The molecule has 7 nitrogen and oxygen atoms in total. The van der Waals surface area contributed by atoms with Gasteiger partial charge >= 0.3 is 6.18 Å². The fraction of sp³-hybridized carbons (Fsp3) is 0.414. The first-order chi connectivity index (χ1) is 19.5. The fourth-order valence-electron chi connectivity index (χ4n) is 5.27. The van der Waals surface area contributed by atoms with E-state index in [2.05, 4.69) is 25.1 Å². The van der Waals surface area contributed by atoms with E-state index >= 15 is 4.39 Å². The molecule has 1 amide bonds. The summed E-state index contributed by atoms with van der Waals surface area (Å²) < 4.78 is 70.3. The van der Waals surface area contributed by atoms with Gasteiger partial charge in [0.15, 0.2) is 0 Å². The third kappa shape index (κ3) is 6.27. The summed E-state index contributed by atoms with van der Waals surface area (Å²) in [5.41, 5.74) is -1.23. The molecule has 2 fully saturated rings. The van der Waals surface area contributed by atoms with Crippen molar-refractivity contribution in [1.29, 1.82) is 0 Å². The standard InChI is InChI=1S/C29H31F5N6O/c1-18-17-40(11-10-38(18)2)26-14-24(31)22(19-15-35-28(36-16-19)39-8-4-3-5-9-39)13-25(26)37-27(41)21-7-6-20(30)12-23(21)29(32,33)34/h6-7,12-16,18H,3-5,8-11,17H2,1-2H3,(H,37,41)/t18-/m0/s1. The van der Waals surface area contributed by atoms with Crippen LogP contribution in [-0.2, 0) is 6.18 Å². The predicted octanol–water partition coefficient (Wildman–Crippen LogP) is 5.82. The van der Waals surface area contributed by atoms with Crippen molar-refractivity contribution in [3.05, 3.63) is 65.5 Å². The lowest BCUT2D eigenvalue weighted by Crippen LogP contribution is -2.50. The molecule has 218 valence electrons. The highest BCUT2D eigenvalue weighted by Crippen LogP contribution is 2.37. The first-order valence-corrected chi connectivity index (χ1v) is 13.6. The first kappa shape index (κ1) is 28.7. The second-order valence-corrected chi connectivity index (χ2v) is 10.6. The zero-order chi connectivity index (χ0) is 29.3. The van der Waals surface area contributed by atoms with E-state index in [-0.39, 0.29) is 23.4 Å². The number of rotatable bonds is 5. The Hall–Kier alpha value is -3.80. The van der Waals surface area contributed by atoms with E-state index in [0.29, 0.717) is 36.8 Å². The monoisotopic (exact) mass is 574 g/mol. The Morgan fingerprint density at radius 3 is 2.32 bits per heavy atom. The molecule has 12 heteroatoms. The third-order valence-electron chi connectivity index (χ3n) is 7.75. The normalized spacial score (nSPS) is 18.5. The minimum Gasteiger partial charge on any atom is -0.367 e. The summed E-state index contributed by atoms with van der Waals surface area (Å²) in [5.74, 6) is -2.24. The smallest absolute Gasteiger partial charge is 0.367 e. The Bertz CT molecular complexity index is 1410. The van der Waals surface area contributed by atoms with Crippen LogP contribution in [0.2, 0.25) is 0 Å². The molecule has 0 radical (unpaired) electrons. The summed E-state index contributed by atoms with van der Waals surface area (Å²) in [6.07, 6.45) is 1.28. The average Bonchev–Trinajstić information content (AvgIpc) is 2.95. The molecular weight excluding hydrogens is 543 g/mol. The highest BCUT2D eigenvalue weighted by atomic mass is 19.4. The van der Waals surface area contributed by atoms with Crippen molar-refractivity contribution in [3.8, 4) is 11.1 Å². The molecule has 1 atom stereocenters. The van der Waals surface area contributed by atoms with Gasteiger partial charge in [-0.25, -0.2) is 18.7 Å². The number of piperidine rings is 1. The van der Waals surface area contributed by atoms with Crippen LogP contribution in [0.15, 0.2) is 42.7 Å². The minimum absolute atomic E-state index is 0.0894. The van der Waals surface area contributed by atoms with Gasteiger partial charge in [0.1, 0.15) is 11.6 Å². The summed E-state index contributed by atoms with van der Waals surface area (Å²) >= 11 is 0. The molecule has 0 spiro atoms. The molecule has 2 aliphatic rings. The van der Waals surface area contributed by atoms with E-state index in [1.807, 2.05) is 18.9 Å². The zero-order valence-electron chi connectivity index (χ0n) is 22.8. The molecular formula is C29H31F5N6O. The van der Waals surface area contributed by atoms with Gasteiger partial charge in [-0.1, -0.05) is 0 Å². The summed E-state index contributed by atoms with van der Waals surface area (Å²) in [6, 6.07) is 4.65. The molecule has 5 rings (SSSR count). The van der Waals surface area contributed by atoms with Crippen LogP contribution in [0.4, 0.5) is 39.3 Å². The van der Waals surface area contributed by atoms with Crippen molar-refractivity contribution in [2.24, 2.45) is 0 Å². The average molecular weight is 575 g/mol. The lowest BCUT2D eigenvalue weighted by Gasteiger charge is -2.39.